The molecular formula is C9H22O2P2. The smallest absolute Gasteiger partial charge is 0.0885 e. The average Bonchev–Trinajstić information content (AvgIpc) is 2.22. The standard InChI is InChI=1S/C9H22O2P2/c1-5-12-10-7-9(8(3)4)11-13-6-2/h8-9,12-13H,5-7H2,1-4H3/t9-,12?,13?/m0/s1/i12D,13D. The first kappa shape index (κ1) is 10.3. The van der Waals surface area contributed by atoms with Crippen LogP contribution in [0.2, 0.25) is 0 Å². The van der Waals surface area contributed by atoms with Gasteiger partial charge in [-0.3, -0.25) is 0 Å². The third-order valence-corrected chi connectivity index (χ3v) is 2.81. The van der Waals surface area contributed by atoms with Crippen molar-refractivity contribution in [2.45, 2.75) is 33.8 Å². The third-order valence-electron chi connectivity index (χ3n) is 1.54. The molecule has 0 aliphatic carbocycles. The molecule has 0 heterocycles. The molecule has 0 radical (unpaired) electrons. The van der Waals surface area contributed by atoms with E-state index in [9.17, 15) is 0 Å². The summed E-state index contributed by atoms with van der Waals surface area (Å²) in [6.07, 6.45) is 1.47. The van der Waals surface area contributed by atoms with E-state index in [0.717, 1.165) is 12.3 Å². The highest BCUT2D eigenvalue weighted by Crippen LogP contribution is 2.22. The van der Waals surface area contributed by atoms with Gasteiger partial charge in [0.05, 0.1) is 15.3 Å². The van der Waals surface area contributed by atoms with E-state index in [1.54, 1.807) is 0 Å². The van der Waals surface area contributed by atoms with Gasteiger partial charge in [0.15, 0.2) is 0 Å². The monoisotopic (exact) mass is 226 g/mol. The Labute approximate surface area is 88.5 Å². The Balaban J connectivity index is 3.94. The van der Waals surface area contributed by atoms with Crippen molar-refractivity contribution < 1.29 is 9.05 Å². The predicted octanol–water partition coefficient (Wildman–Crippen LogP) is 3.27. The molecule has 4 heteroatoms. The molecule has 80 valence electrons. The summed E-state index contributed by atoms with van der Waals surface area (Å²) in [5.74, 6) is 0.340. The second-order valence-electron chi connectivity index (χ2n) is 3.07. The van der Waals surface area contributed by atoms with Crippen LogP contribution in [0.4, 0.5) is 0 Å². The maximum Gasteiger partial charge on any atom is 0.0885 e. The van der Waals surface area contributed by atoms with Gasteiger partial charge in [0.2, 0.25) is 0 Å². The molecular weight excluding hydrogens is 202 g/mol. The van der Waals surface area contributed by atoms with Crippen LogP contribution in [-0.4, -0.2) is 27.6 Å². The van der Waals surface area contributed by atoms with Crippen molar-refractivity contribution in [3.8, 4) is 0 Å². The minimum atomic E-state index is -1.07. The Bertz CT molecular complexity index is 161. The molecule has 0 bridgehead atoms. The van der Waals surface area contributed by atoms with Crippen molar-refractivity contribution in [1.29, 1.82) is 2.56 Å². The van der Waals surface area contributed by atoms with E-state index in [1.807, 2.05) is 13.8 Å². The summed E-state index contributed by atoms with van der Waals surface area (Å²) in [7, 11) is -2.12. The van der Waals surface area contributed by atoms with Gasteiger partial charge in [-0.15, -0.1) is 0 Å². The summed E-state index contributed by atoms with van der Waals surface area (Å²) in [5.41, 5.74) is 0. The van der Waals surface area contributed by atoms with Gasteiger partial charge in [0.1, 0.15) is 0 Å². The molecule has 0 aromatic carbocycles. The van der Waals surface area contributed by atoms with Crippen LogP contribution in [0, 0.1) is 5.92 Å². The van der Waals surface area contributed by atoms with Gasteiger partial charge in [-0.05, 0) is 18.2 Å². The van der Waals surface area contributed by atoms with Crippen molar-refractivity contribution in [1.82, 2.24) is 0 Å². The third kappa shape index (κ3) is 7.82. The van der Waals surface area contributed by atoms with Crippen molar-refractivity contribution in [2.24, 2.45) is 5.92 Å². The van der Waals surface area contributed by atoms with Gasteiger partial charge in [-0.2, -0.15) is 0 Å². The second-order valence-corrected chi connectivity index (χ2v) is 5.32. The fourth-order valence-electron chi connectivity index (χ4n) is 0.732. The Morgan fingerprint density at radius 1 is 1.23 bits per heavy atom. The van der Waals surface area contributed by atoms with Gasteiger partial charge >= 0.3 is 0 Å². The fourth-order valence-corrected chi connectivity index (χ4v) is 1.81. The van der Waals surface area contributed by atoms with Gasteiger partial charge < -0.3 is 9.05 Å². The lowest BCUT2D eigenvalue weighted by Gasteiger charge is -2.20. The predicted molar refractivity (Wildman–Crippen MR) is 63.4 cm³/mol. The molecule has 0 aromatic rings. The zero-order valence-corrected chi connectivity index (χ0v) is 10.8. The van der Waals surface area contributed by atoms with Gasteiger partial charge in [-0.25, -0.2) is 0 Å². The van der Waals surface area contributed by atoms with Crippen molar-refractivity contribution in [2.75, 3.05) is 18.9 Å². The Kier molecular flexibility index (Phi) is 7.40. The molecule has 0 amide bonds. The first-order valence-corrected chi connectivity index (χ1v) is 6.83. The van der Waals surface area contributed by atoms with E-state index in [-0.39, 0.29) is 6.10 Å². The molecule has 0 rings (SSSR count). The van der Waals surface area contributed by atoms with Crippen LogP contribution in [-0.2, 0) is 9.05 Å². The minimum absolute atomic E-state index is 0.0320. The highest BCUT2D eigenvalue weighted by Gasteiger charge is 2.13. The van der Waals surface area contributed by atoms with E-state index in [1.165, 1.54) is 0 Å². The molecule has 0 aromatic heterocycles. The van der Waals surface area contributed by atoms with E-state index in [2.05, 4.69) is 13.8 Å². The average molecular weight is 226 g/mol. The first-order valence-electron chi connectivity index (χ1n) is 5.73. The van der Waals surface area contributed by atoms with Crippen LogP contribution in [0.1, 0.15) is 27.7 Å². The highest BCUT2D eigenvalue weighted by molar-refractivity contribution is 7.32. The first-order chi connectivity index (χ1) is 7.01. The van der Waals surface area contributed by atoms with Crippen molar-refractivity contribution >= 4 is 17.5 Å². The molecule has 3 atom stereocenters. The van der Waals surface area contributed by atoms with Gasteiger partial charge in [-0.1, -0.05) is 27.7 Å². The van der Waals surface area contributed by atoms with Crippen LogP contribution in [0.3, 0.4) is 0 Å². The van der Waals surface area contributed by atoms with Crippen LogP contribution in [0.25, 0.3) is 0 Å². The Hall–Kier alpha value is 0.780. The lowest BCUT2D eigenvalue weighted by atomic mass is 10.1. The zero-order valence-electron chi connectivity index (χ0n) is 11.0. The van der Waals surface area contributed by atoms with Crippen LogP contribution >= 0.6 is 17.5 Å². The van der Waals surface area contributed by atoms with Crippen LogP contribution in [0.15, 0.2) is 0 Å². The van der Waals surface area contributed by atoms with Crippen molar-refractivity contribution in [3.63, 3.8) is 0 Å². The largest absolute Gasteiger partial charge is 0.360 e. The van der Waals surface area contributed by atoms with Gasteiger partial charge in [0, 0.05) is 17.5 Å². The summed E-state index contributed by atoms with van der Waals surface area (Å²) >= 11 is 0. The maximum absolute atomic E-state index is 7.62. The SMILES string of the molecule is [2H]P(CC)OC[C@H](OP([2H])CC)C(C)C. The molecule has 2 nitrogen and oxygen atoms in total. The molecule has 0 aliphatic heterocycles. The highest BCUT2D eigenvalue weighted by atomic mass is 31.1. The van der Waals surface area contributed by atoms with Crippen molar-refractivity contribution in [3.05, 3.63) is 0 Å². The molecule has 2 unspecified atom stereocenters. The normalized spacial score (nSPS) is 20.7. The van der Waals surface area contributed by atoms with E-state index in [4.69, 9.17) is 11.6 Å². The quantitative estimate of drug-likeness (QED) is 0.591. The number of rotatable bonds is 8. The van der Waals surface area contributed by atoms with Crippen LogP contribution in [0.5, 0.6) is 0 Å². The molecule has 0 N–H and O–H groups in total. The summed E-state index contributed by atoms with van der Waals surface area (Å²) in [5, 5.41) is 0. The van der Waals surface area contributed by atoms with Crippen LogP contribution < -0.4 is 0 Å². The summed E-state index contributed by atoms with van der Waals surface area (Å²) in [4.78, 5) is 0. The second kappa shape index (κ2) is 9.34. The summed E-state index contributed by atoms with van der Waals surface area (Å²) in [6.45, 7) is 8.49. The number of hydrogen-bond donors (Lipinski definition) is 0. The molecule has 0 fully saturated rings. The topological polar surface area (TPSA) is 18.5 Å². The molecule has 0 aliphatic rings. The Morgan fingerprint density at radius 2 is 1.85 bits per heavy atom. The van der Waals surface area contributed by atoms with E-state index < -0.39 is 17.5 Å². The minimum Gasteiger partial charge on any atom is -0.360 e. The summed E-state index contributed by atoms with van der Waals surface area (Å²) in [6, 6.07) is 0. The Morgan fingerprint density at radius 3 is 2.31 bits per heavy atom. The maximum atomic E-state index is 7.62. The lowest BCUT2D eigenvalue weighted by molar-refractivity contribution is 0.116. The fraction of sp³-hybridized carbons (Fsp3) is 1.00. The molecule has 13 heavy (non-hydrogen) atoms. The molecule has 0 spiro atoms. The zero-order chi connectivity index (χ0) is 11.8. The molecule has 0 saturated heterocycles. The van der Waals surface area contributed by atoms with E-state index in [0.29, 0.717) is 12.5 Å². The van der Waals surface area contributed by atoms with Gasteiger partial charge in [0.25, 0.3) is 0 Å². The molecule has 0 saturated carbocycles. The number of hydrogen-bond acceptors (Lipinski definition) is 2. The van der Waals surface area contributed by atoms with E-state index >= 15 is 0 Å². The lowest BCUT2D eigenvalue weighted by Crippen LogP contribution is -2.21. The summed E-state index contributed by atoms with van der Waals surface area (Å²) < 4.78 is 26.1.